The van der Waals surface area contributed by atoms with Gasteiger partial charge in [0.2, 0.25) is 5.91 Å². The number of thiazole rings is 1. The van der Waals surface area contributed by atoms with Crippen molar-refractivity contribution < 1.29 is 4.79 Å². The van der Waals surface area contributed by atoms with Crippen molar-refractivity contribution in [2.24, 2.45) is 0 Å². The summed E-state index contributed by atoms with van der Waals surface area (Å²) in [6, 6.07) is 7.08. The van der Waals surface area contributed by atoms with Gasteiger partial charge in [0.1, 0.15) is 4.83 Å². The average Bonchev–Trinajstić information content (AvgIpc) is 3.40. The number of likely N-dealkylation sites (N-methyl/N-ethyl adjacent to an activating group) is 1. The predicted octanol–water partition coefficient (Wildman–Crippen LogP) is 4.28. The number of amides is 1. The van der Waals surface area contributed by atoms with Crippen LogP contribution in [0.2, 0.25) is 5.02 Å². The Morgan fingerprint density at radius 2 is 2.12 bits per heavy atom. The molecular weight excluding hydrogens is 486 g/mol. The molecule has 4 heterocycles. The second kappa shape index (κ2) is 8.95. The Morgan fingerprint density at radius 1 is 1.31 bits per heavy atom. The van der Waals surface area contributed by atoms with Crippen molar-refractivity contribution in [3.8, 4) is 5.69 Å². The van der Waals surface area contributed by atoms with Gasteiger partial charge in [0, 0.05) is 34.6 Å². The molecule has 0 saturated heterocycles. The number of thiophene rings is 1. The molecule has 5 rings (SSSR count). The first-order valence-electron chi connectivity index (χ1n) is 9.83. The lowest BCUT2D eigenvalue weighted by Gasteiger charge is -2.21. The van der Waals surface area contributed by atoms with E-state index in [0.29, 0.717) is 26.4 Å². The first-order chi connectivity index (χ1) is 15.5. The van der Waals surface area contributed by atoms with Crippen LogP contribution in [-0.4, -0.2) is 44.7 Å². The number of halogens is 1. The van der Waals surface area contributed by atoms with Gasteiger partial charge < -0.3 is 10.2 Å². The van der Waals surface area contributed by atoms with E-state index in [0.717, 1.165) is 29.9 Å². The summed E-state index contributed by atoms with van der Waals surface area (Å²) < 4.78 is 1.59. The monoisotopic (exact) mass is 503 g/mol. The van der Waals surface area contributed by atoms with Gasteiger partial charge in [-0.15, -0.1) is 22.7 Å². The van der Waals surface area contributed by atoms with Crippen LogP contribution in [-0.2, 0) is 17.8 Å². The molecule has 0 spiro atoms. The Hall–Kier alpha value is -2.24. The smallest absolute Gasteiger partial charge is 0.267 e. The van der Waals surface area contributed by atoms with Crippen LogP contribution in [0.25, 0.3) is 15.9 Å². The van der Waals surface area contributed by atoms with Gasteiger partial charge in [0.15, 0.2) is 10.3 Å². The number of aromatic nitrogens is 3. The summed E-state index contributed by atoms with van der Waals surface area (Å²) in [7, 11) is 2.08. The number of thioether (sulfide) groups is 1. The number of anilines is 1. The summed E-state index contributed by atoms with van der Waals surface area (Å²) in [5.41, 5.74) is 1.66. The van der Waals surface area contributed by atoms with E-state index in [2.05, 4.69) is 22.2 Å². The Balaban J connectivity index is 1.57. The summed E-state index contributed by atoms with van der Waals surface area (Å²) in [5.74, 6) is -0.0899. The molecule has 32 heavy (non-hydrogen) atoms. The molecule has 7 nitrogen and oxygen atoms in total. The minimum atomic E-state index is -0.200. The molecule has 1 aliphatic heterocycles. The second-order valence-corrected chi connectivity index (χ2v) is 10.7. The fourth-order valence-electron chi connectivity index (χ4n) is 3.64. The highest BCUT2D eigenvalue weighted by Crippen LogP contribution is 2.34. The van der Waals surface area contributed by atoms with E-state index in [1.165, 1.54) is 28.0 Å². The molecule has 0 radical (unpaired) electrons. The number of benzene rings is 1. The molecule has 0 atom stereocenters. The number of nitrogens with zero attached hydrogens (tertiary/aromatic N) is 4. The minimum Gasteiger partial charge on any atom is -0.301 e. The van der Waals surface area contributed by atoms with Crippen LogP contribution < -0.4 is 10.9 Å². The molecule has 0 aliphatic carbocycles. The van der Waals surface area contributed by atoms with Gasteiger partial charge in [-0.25, -0.2) is 9.97 Å². The summed E-state index contributed by atoms with van der Waals surface area (Å²) in [4.78, 5) is 39.2. The summed E-state index contributed by atoms with van der Waals surface area (Å²) in [5, 5.41) is 6.86. The highest BCUT2D eigenvalue weighted by atomic mass is 35.5. The molecule has 11 heteroatoms. The van der Waals surface area contributed by atoms with E-state index in [1.54, 1.807) is 51.7 Å². The topological polar surface area (TPSA) is 80.1 Å². The Labute approximate surface area is 201 Å². The third-order valence-corrected chi connectivity index (χ3v) is 8.12. The lowest BCUT2D eigenvalue weighted by Crippen LogP contribution is -2.27. The number of nitrogens with one attached hydrogen (secondary N) is 1. The molecule has 1 amide bonds. The van der Waals surface area contributed by atoms with Crippen molar-refractivity contribution in [1.29, 1.82) is 0 Å². The van der Waals surface area contributed by atoms with E-state index in [4.69, 9.17) is 16.6 Å². The Kier molecular flexibility index (Phi) is 6.04. The van der Waals surface area contributed by atoms with Gasteiger partial charge in [-0.3, -0.25) is 14.2 Å². The zero-order valence-electron chi connectivity index (χ0n) is 17.0. The lowest BCUT2D eigenvalue weighted by atomic mass is 10.1. The van der Waals surface area contributed by atoms with Gasteiger partial charge in [-0.1, -0.05) is 23.4 Å². The lowest BCUT2D eigenvalue weighted by molar-refractivity contribution is -0.113. The number of carbonyl (C=O) groups is 1. The van der Waals surface area contributed by atoms with E-state index < -0.39 is 0 Å². The second-order valence-electron chi connectivity index (χ2n) is 7.36. The van der Waals surface area contributed by atoms with Crippen molar-refractivity contribution in [3.63, 3.8) is 0 Å². The molecule has 1 aliphatic rings. The third kappa shape index (κ3) is 4.20. The molecule has 3 aromatic heterocycles. The zero-order chi connectivity index (χ0) is 22.2. The van der Waals surface area contributed by atoms with Gasteiger partial charge in [0.05, 0.1) is 16.8 Å². The van der Waals surface area contributed by atoms with Crippen LogP contribution in [0.3, 0.4) is 0 Å². The highest BCUT2D eigenvalue weighted by molar-refractivity contribution is 7.99. The molecule has 4 aromatic rings. The van der Waals surface area contributed by atoms with Crippen molar-refractivity contribution in [2.45, 2.75) is 18.1 Å². The van der Waals surface area contributed by atoms with Crippen LogP contribution in [0.4, 0.5) is 5.13 Å². The Morgan fingerprint density at radius 3 is 2.88 bits per heavy atom. The normalized spacial score (nSPS) is 13.9. The van der Waals surface area contributed by atoms with Crippen LogP contribution in [0.15, 0.2) is 45.8 Å². The summed E-state index contributed by atoms with van der Waals surface area (Å²) in [6.07, 6.45) is 2.46. The predicted molar refractivity (Wildman–Crippen MR) is 132 cm³/mol. The van der Waals surface area contributed by atoms with Crippen molar-refractivity contribution >= 4 is 67.3 Å². The molecular formula is C21H18ClN5O2S3. The van der Waals surface area contributed by atoms with Crippen LogP contribution in [0.5, 0.6) is 0 Å². The van der Waals surface area contributed by atoms with Gasteiger partial charge in [0.25, 0.3) is 5.56 Å². The van der Waals surface area contributed by atoms with Gasteiger partial charge in [-0.05, 0) is 43.3 Å². The number of hydrogen-bond acceptors (Lipinski definition) is 8. The molecule has 0 bridgehead atoms. The van der Waals surface area contributed by atoms with Crippen LogP contribution in [0, 0.1) is 0 Å². The number of carbonyl (C=O) groups excluding carboxylic acids is 1. The van der Waals surface area contributed by atoms with Crippen LogP contribution >= 0.6 is 46.0 Å². The van der Waals surface area contributed by atoms with Crippen LogP contribution in [0.1, 0.15) is 10.4 Å². The van der Waals surface area contributed by atoms with Gasteiger partial charge in [-0.2, -0.15) is 0 Å². The number of hydrogen-bond donors (Lipinski definition) is 1. The molecule has 1 N–H and O–H groups in total. The maximum absolute atomic E-state index is 13.7. The average molecular weight is 504 g/mol. The fraction of sp³-hybridized carbons (Fsp3) is 0.238. The van der Waals surface area contributed by atoms with E-state index in [-0.39, 0.29) is 17.2 Å². The fourth-order valence-corrected chi connectivity index (χ4v) is 6.46. The molecule has 0 saturated carbocycles. The third-order valence-electron chi connectivity index (χ3n) is 5.13. The zero-order valence-corrected chi connectivity index (χ0v) is 20.2. The first kappa shape index (κ1) is 21.6. The van der Waals surface area contributed by atoms with E-state index in [1.807, 2.05) is 0 Å². The number of fused-ring (bicyclic) bond motifs is 3. The van der Waals surface area contributed by atoms with Gasteiger partial charge >= 0.3 is 0 Å². The molecule has 0 fully saturated rings. The molecule has 164 valence electrons. The quantitative estimate of drug-likeness (QED) is 0.323. The maximum atomic E-state index is 13.7. The van der Waals surface area contributed by atoms with E-state index >= 15 is 0 Å². The highest BCUT2D eigenvalue weighted by Gasteiger charge is 2.24. The minimum absolute atomic E-state index is 0.109. The SMILES string of the molecule is CN1CCc2c(sc3nc(SCC(=O)Nc4nccs4)n(-c4ccc(Cl)cc4)c(=O)c23)C1. The Bertz CT molecular complexity index is 1350. The summed E-state index contributed by atoms with van der Waals surface area (Å²) >= 11 is 10.2. The molecule has 1 aromatic carbocycles. The van der Waals surface area contributed by atoms with Crippen molar-refractivity contribution in [3.05, 3.63) is 61.7 Å². The van der Waals surface area contributed by atoms with Crippen molar-refractivity contribution in [1.82, 2.24) is 19.4 Å². The molecule has 0 unspecified atom stereocenters. The standard InChI is InChI=1S/C21H18ClN5O2S3/c1-26-8-6-14-15(10-26)32-18-17(14)19(29)27(13-4-2-12(22)3-5-13)21(25-18)31-11-16(28)24-20-23-7-9-30-20/h2-5,7,9H,6,8,10-11H2,1H3,(H,23,24,28). The maximum Gasteiger partial charge on any atom is 0.267 e. The number of rotatable bonds is 5. The summed E-state index contributed by atoms with van der Waals surface area (Å²) in [6.45, 7) is 1.72. The van der Waals surface area contributed by atoms with E-state index in [9.17, 15) is 9.59 Å². The largest absolute Gasteiger partial charge is 0.301 e. The van der Waals surface area contributed by atoms with Crippen molar-refractivity contribution in [2.75, 3.05) is 24.7 Å². The first-order valence-corrected chi connectivity index (χ1v) is 12.9.